The Morgan fingerprint density at radius 2 is 2.00 bits per heavy atom. The van der Waals surface area contributed by atoms with E-state index in [2.05, 4.69) is 26.7 Å². The molecule has 2 heterocycles. The Kier molecular flexibility index (Phi) is 3.16. The first kappa shape index (κ1) is 10.4. The van der Waals surface area contributed by atoms with Gasteiger partial charge in [-0.25, -0.2) is 9.97 Å². The van der Waals surface area contributed by atoms with Crippen LogP contribution in [0.3, 0.4) is 0 Å². The summed E-state index contributed by atoms with van der Waals surface area (Å²) in [5, 5.41) is 0. The van der Waals surface area contributed by atoms with E-state index in [0.717, 1.165) is 44.4 Å². The van der Waals surface area contributed by atoms with E-state index in [4.69, 9.17) is 0 Å². The predicted octanol–water partition coefficient (Wildman–Crippen LogP) is 0.927. The smallest absolute Gasteiger partial charge is 0.225 e. The van der Waals surface area contributed by atoms with E-state index in [-0.39, 0.29) is 0 Å². The second-order valence-corrected chi connectivity index (χ2v) is 3.92. The molecule has 0 aromatic carbocycles. The molecule has 2 rings (SSSR count). The van der Waals surface area contributed by atoms with Crippen molar-refractivity contribution >= 4 is 5.95 Å². The minimum Gasteiger partial charge on any atom is -0.338 e. The van der Waals surface area contributed by atoms with Crippen molar-refractivity contribution in [1.82, 2.24) is 14.9 Å². The summed E-state index contributed by atoms with van der Waals surface area (Å²) in [6.07, 6.45) is 1.84. The van der Waals surface area contributed by atoms with Crippen LogP contribution in [0.1, 0.15) is 12.6 Å². The molecule has 0 saturated carbocycles. The quantitative estimate of drug-likeness (QED) is 0.720. The molecule has 4 heteroatoms. The Hall–Kier alpha value is -1.16. The van der Waals surface area contributed by atoms with Gasteiger partial charge in [0, 0.05) is 38.1 Å². The Morgan fingerprint density at radius 1 is 1.27 bits per heavy atom. The third-order valence-corrected chi connectivity index (χ3v) is 2.88. The van der Waals surface area contributed by atoms with Gasteiger partial charge < -0.3 is 9.80 Å². The van der Waals surface area contributed by atoms with Gasteiger partial charge in [0.15, 0.2) is 0 Å². The van der Waals surface area contributed by atoms with E-state index >= 15 is 0 Å². The number of aromatic nitrogens is 2. The van der Waals surface area contributed by atoms with Crippen LogP contribution in [0.2, 0.25) is 0 Å². The maximum Gasteiger partial charge on any atom is 0.225 e. The molecule has 0 bridgehead atoms. The molecular formula is C11H18N4. The van der Waals surface area contributed by atoms with Crippen LogP contribution in [0.4, 0.5) is 5.95 Å². The van der Waals surface area contributed by atoms with Crippen LogP contribution in [0, 0.1) is 6.92 Å². The minimum atomic E-state index is 0.880. The van der Waals surface area contributed by atoms with E-state index < -0.39 is 0 Å². The third kappa shape index (κ3) is 2.45. The number of hydrogen-bond donors (Lipinski definition) is 0. The molecule has 0 aliphatic carbocycles. The first-order valence-corrected chi connectivity index (χ1v) is 5.56. The van der Waals surface area contributed by atoms with Gasteiger partial charge >= 0.3 is 0 Å². The monoisotopic (exact) mass is 206 g/mol. The molecule has 0 spiro atoms. The zero-order chi connectivity index (χ0) is 10.7. The van der Waals surface area contributed by atoms with Gasteiger partial charge in [-0.3, -0.25) is 0 Å². The number of piperazine rings is 1. The lowest BCUT2D eigenvalue weighted by Crippen LogP contribution is -2.46. The summed E-state index contributed by atoms with van der Waals surface area (Å²) in [6.45, 7) is 9.67. The summed E-state index contributed by atoms with van der Waals surface area (Å²) in [7, 11) is 0. The van der Waals surface area contributed by atoms with Gasteiger partial charge in [0.1, 0.15) is 0 Å². The van der Waals surface area contributed by atoms with Crippen molar-refractivity contribution in [3.63, 3.8) is 0 Å². The fourth-order valence-electron chi connectivity index (χ4n) is 1.85. The second-order valence-electron chi connectivity index (χ2n) is 3.92. The zero-order valence-electron chi connectivity index (χ0n) is 9.48. The van der Waals surface area contributed by atoms with Crippen LogP contribution in [0.5, 0.6) is 0 Å². The van der Waals surface area contributed by atoms with Crippen molar-refractivity contribution in [2.45, 2.75) is 13.8 Å². The summed E-state index contributed by atoms with van der Waals surface area (Å²) in [6, 6.07) is 1.94. The lowest BCUT2D eigenvalue weighted by Gasteiger charge is -2.33. The predicted molar refractivity (Wildman–Crippen MR) is 61.1 cm³/mol. The lowest BCUT2D eigenvalue weighted by atomic mass is 10.3. The topological polar surface area (TPSA) is 32.3 Å². The van der Waals surface area contributed by atoms with Crippen molar-refractivity contribution in [2.24, 2.45) is 0 Å². The molecule has 0 radical (unpaired) electrons. The molecule has 0 atom stereocenters. The number of rotatable bonds is 2. The molecule has 1 aliphatic rings. The second kappa shape index (κ2) is 4.57. The van der Waals surface area contributed by atoms with Crippen molar-refractivity contribution in [3.05, 3.63) is 18.0 Å². The van der Waals surface area contributed by atoms with Crippen molar-refractivity contribution in [2.75, 3.05) is 37.6 Å². The van der Waals surface area contributed by atoms with Crippen LogP contribution in [-0.2, 0) is 0 Å². The highest BCUT2D eigenvalue weighted by Gasteiger charge is 2.17. The molecule has 1 aromatic rings. The van der Waals surface area contributed by atoms with Crippen LogP contribution in [0.25, 0.3) is 0 Å². The van der Waals surface area contributed by atoms with Crippen LogP contribution in [-0.4, -0.2) is 47.6 Å². The van der Waals surface area contributed by atoms with Crippen molar-refractivity contribution in [3.8, 4) is 0 Å². The van der Waals surface area contributed by atoms with Crippen LogP contribution >= 0.6 is 0 Å². The Morgan fingerprint density at radius 3 is 2.60 bits per heavy atom. The summed E-state index contributed by atoms with van der Waals surface area (Å²) < 4.78 is 0. The molecule has 1 aliphatic heterocycles. The first-order valence-electron chi connectivity index (χ1n) is 5.56. The van der Waals surface area contributed by atoms with Gasteiger partial charge in [0.25, 0.3) is 0 Å². The highest BCUT2D eigenvalue weighted by Crippen LogP contribution is 2.10. The number of hydrogen-bond acceptors (Lipinski definition) is 4. The van der Waals surface area contributed by atoms with Crippen LogP contribution < -0.4 is 4.90 Å². The standard InChI is InChI=1S/C11H18N4/c1-3-14-6-8-15(9-7-14)11-12-5-4-10(2)13-11/h4-5H,3,6-9H2,1-2H3. The number of nitrogens with zero attached hydrogens (tertiary/aromatic N) is 4. The summed E-state index contributed by atoms with van der Waals surface area (Å²) in [4.78, 5) is 13.5. The average Bonchev–Trinajstić information content (AvgIpc) is 2.29. The molecule has 1 saturated heterocycles. The van der Waals surface area contributed by atoms with Crippen molar-refractivity contribution < 1.29 is 0 Å². The van der Waals surface area contributed by atoms with E-state index in [1.54, 1.807) is 0 Å². The largest absolute Gasteiger partial charge is 0.338 e. The molecule has 0 unspecified atom stereocenters. The van der Waals surface area contributed by atoms with Gasteiger partial charge in [0.2, 0.25) is 5.95 Å². The highest BCUT2D eigenvalue weighted by molar-refractivity contribution is 5.30. The molecule has 82 valence electrons. The van der Waals surface area contributed by atoms with Gasteiger partial charge in [-0.1, -0.05) is 6.92 Å². The normalized spacial score (nSPS) is 18.1. The van der Waals surface area contributed by atoms with E-state index in [0.29, 0.717) is 0 Å². The zero-order valence-corrected chi connectivity index (χ0v) is 9.48. The Bertz CT molecular complexity index is 318. The van der Waals surface area contributed by atoms with Crippen molar-refractivity contribution in [1.29, 1.82) is 0 Å². The molecule has 0 N–H and O–H groups in total. The Balaban J connectivity index is 2.01. The maximum absolute atomic E-state index is 4.44. The van der Waals surface area contributed by atoms with E-state index in [9.17, 15) is 0 Å². The molecular weight excluding hydrogens is 188 g/mol. The average molecular weight is 206 g/mol. The summed E-state index contributed by atoms with van der Waals surface area (Å²) in [5.74, 6) is 0.880. The molecule has 0 amide bonds. The third-order valence-electron chi connectivity index (χ3n) is 2.88. The molecule has 4 nitrogen and oxygen atoms in total. The lowest BCUT2D eigenvalue weighted by molar-refractivity contribution is 0.270. The van der Waals surface area contributed by atoms with Gasteiger partial charge in [0.05, 0.1) is 0 Å². The number of likely N-dealkylation sites (N-methyl/N-ethyl adjacent to an activating group) is 1. The Labute approximate surface area is 90.9 Å². The van der Waals surface area contributed by atoms with Crippen LogP contribution in [0.15, 0.2) is 12.3 Å². The van der Waals surface area contributed by atoms with Gasteiger partial charge in [-0.2, -0.15) is 0 Å². The fraction of sp³-hybridized carbons (Fsp3) is 0.636. The van der Waals surface area contributed by atoms with Gasteiger partial charge in [-0.15, -0.1) is 0 Å². The number of anilines is 1. The first-order chi connectivity index (χ1) is 7.29. The summed E-state index contributed by atoms with van der Waals surface area (Å²) in [5.41, 5.74) is 1.04. The number of aryl methyl sites for hydroxylation is 1. The molecule has 15 heavy (non-hydrogen) atoms. The minimum absolute atomic E-state index is 0.880. The maximum atomic E-state index is 4.44. The summed E-state index contributed by atoms with van der Waals surface area (Å²) >= 11 is 0. The fourth-order valence-corrected chi connectivity index (χ4v) is 1.85. The highest BCUT2D eigenvalue weighted by atomic mass is 15.3. The van der Waals surface area contributed by atoms with E-state index in [1.807, 2.05) is 19.2 Å². The molecule has 1 aromatic heterocycles. The molecule has 1 fully saturated rings. The SMILES string of the molecule is CCN1CCN(c2nccc(C)n2)CC1. The van der Waals surface area contributed by atoms with Gasteiger partial charge in [-0.05, 0) is 19.5 Å². The van der Waals surface area contributed by atoms with E-state index in [1.165, 1.54) is 0 Å².